The predicted octanol–water partition coefficient (Wildman–Crippen LogP) is 3.78. The number of hydrogen-bond acceptors (Lipinski definition) is 3. The van der Waals surface area contributed by atoms with Gasteiger partial charge in [0.25, 0.3) is 0 Å². The van der Waals surface area contributed by atoms with Gasteiger partial charge in [-0.2, -0.15) is 0 Å². The molecule has 0 amide bonds. The molecule has 0 radical (unpaired) electrons. The zero-order chi connectivity index (χ0) is 14.0. The molecule has 3 nitrogen and oxygen atoms in total. The molecule has 0 aliphatic rings. The lowest BCUT2D eigenvalue weighted by Crippen LogP contribution is -1.97. The molecular formula is C14H13ClFNO2. The van der Waals surface area contributed by atoms with E-state index >= 15 is 0 Å². The second kappa shape index (κ2) is 5.55. The quantitative estimate of drug-likeness (QED) is 0.931. The fourth-order valence-corrected chi connectivity index (χ4v) is 1.86. The van der Waals surface area contributed by atoms with Crippen molar-refractivity contribution < 1.29 is 14.2 Å². The first-order chi connectivity index (χ1) is 9.01. The van der Waals surface area contributed by atoms with Gasteiger partial charge in [0, 0.05) is 10.6 Å². The number of halogens is 2. The number of aromatic nitrogens is 1. The Morgan fingerprint density at radius 2 is 1.89 bits per heavy atom. The smallest absolute Gasteiger partial charge is 0.224 e. The number of ether oxygens (including phenoxy) is 1. The molecule has 1 aromatic carbocycles. The summed E-state index contributed by atoms with van der Waals surface area (Å²) in [6.07, 6.45) is 1.05. The first-order valence-electron chi connectivity index (χ1n) is 5.71. The predicted molar refractivity (Wildman–Crippen MR) is 71.1 cm³/mol. The number of benzene rings is 1. The van der Waals surface area contributed by atoms with Gasteiger partial charge in [-0.05, 0) is 43.2 Å². The molecule has 0 bridgehead atoms. The molecule has 0 unspecified atom stereocenters. The number of nitrogens with zero attached hydrogens (tertiary/aromatic N) is 1. The van der Waals surface area contributed by atoms with E-state index in [0.717, 1.165) is 17.3 Å². The van der Waals surface area contributed by atoms with Crippen LogP contribution in [0, 0.1) is 19.7 Å². The van der Waals surface area contributed by atoms with E-state index in [4.69, 9.17) is 21.4 Å². The van der Waals surface area contributed by atoms with Crippen LogP contribution in [-0.2, 0) is 6.61 Å². The third-order valence-corrected chi connectivity index (χ3v) is 3.28. The van der Waals surface area contributed by atoms with E-state index < -0.39 is 5.82 Å². The second-order valence-electron chi connectivity index (χ2n) is 4.25. The minimum absolute atomic E-state index is 0.185. The van der Waals surface area contributed by atoms with Crippen molar-refractivity contribution in [1.82, 2.24) is 4.98 Å². The Hall–Kier alpha value is -1.65. The lowest BCUT2D eigenvalue weighted by molar-refractivity contribution is 0.274. The number of aliphatic hydroxyl groups excluding tert-OH is 1. The van der Waals surface area contributed by atoms with Crippen molar-refractivity contribution in [3.05, 3.63) is 51.9 Å². The third-order valence-electron chi connectivity index (χ3n) is 2.69. The number of rotatable bonds is 3. The Morgan fingerprint density at radius 1 is 1.26 bits per heavy atom. The van der Waals surface area contributed by atoms with Gasteiger partial charge in [-0.25, -0.2) is 9.37 Å². The molecular weight excluding hydrogens is 269 g/mol. The van der Waals surface area contributed by atoms with Crippen LogP contribution in [0.15, 0.2) is 24.4 Å². The van der Waals surface area contributed by atoms with E-state index in [1.165, 1.54) is 6.07 Å². The second-order valence-corrected chi connectivity index (χ2v) is 4.63. The molecule has 0 spiro atoms. The van der Waals surface area contributed by atoms with Crippen molar-refractivity contribution in [2.24, 2.45) is 0 Å². The molecule has 0 saturated heterocycles. The van der Waals surface area contributed by atoms with Crippen LogP contribution in [0.1, 0.15) is 16.7 Å². The average Bonchev–Trinajstić information content (AvgIpc) is 2.38. The summed E-state index contributed by atoms with van der Waals surface area (Å²) in [6.45, 7) is 3.39. The van der Waals surface area contributed by atoms with Gasteiger partial charge in [0.15, 0.2) is 0 Å². The summed E-state index contributed by atoms with van der Waals surface area (Å²) in [5.41, 5.74) is 2.05. The fourth-order valence-electron chi connectivity index (χ4n) is 1.75. The number of pyridine rings is 1. The summed E-state index contributed by atoms with van der Waals surface area (Å²) in [4.78, 5) is 3.84. The summed E-state index contributed by atoms with van der Waals surface area (Å²) < 4.78 is 18.6. The monoisotopic (exact) mass is 281 g/mol. The van der Waals surface area contributed by atoms with Gasteiger partial charge in [-0.3, -0.25) is 0 Å². The van der Waals surface area contributed by atoms with Crippen molar-refractivity contribution in [3.8, 4) is 11.6 Å². The molecule has 0 aliphatic heterocycles. The van der Waals surface area contributed by atoms with E-state index in [9.17, 15) is 4.39 Å². The lowest BCUT2D eigenvalue weighted by atomic mass is 10.1. The number of hydrogen-bond donors (Lipinski definition) is 1. The molecule has 2 aromatic rings. The maximum Gasteiger partial charge on any atom is 0.224 e. The molecule has 0 aliphatic carbocycles. The van der Waals surface area contributed by atoms with Gasteiger partial charge in [-0.1, -0.05) is 11.6 Å². The average molecular weight is 282 g/mol. The van der Waals surface area contributed by atoms with Gasteiger partial charge in [0.05, 0.1) is 12.8 Å². The van der Waals surface area contributed by atoms with Gasteiger partial charge in [0.1, 0.15) is 11.6 Å². The summed E-state index contributed by atoms with van der Waals surface area (Å²) in [6, 6.07) is 4.72. The van der Waals surface area contributed by atoms with Crippen LogP contribution in [0.3, 0.4) is 0 Å². The number of aliphatic hydroxyl groups is 1. The van der Waals surface area contributed by atoms with Crippen LogP contribution in [0.2, 0.25) is 5.02 Å². The van der Waals surface area contributed by atoms with Gasteiger partial charge in [0.2, 0.25) is 5.88 Å². The normalized spacial score (nSPS) is 10.6. The molecule has 1 aromatic heterocycles. The van der Waals surface area contributed by atoms with E-state index in [0.29, 0.717) is 16.3 Å². The molecule has 0 atom stereocenters. The maximum absolute atomic E-state index is 13.0. The van der Waals surface area contributed by atoms with Gasteiger partial charge in [-0.15, -0.1) is 0 Å². The largest absolute Gasteiger partial charge is 0.439 e. The van der Waals surface area contributed by atoms with Crippen molar-refractivity contribution in [2.75, 3.05) is 0 Å². The van der Waals surface area contributed by atoms with Crippen molar-refractivity contribution in [3.63, 3.8) is 0 Å². The Labute approximate surface area is 115 Å². The van der Waals surface area contributed by atoms with Crippen LogP contribution in [0.4, 0.5) is 4.39 Å². The highest BCUT2D eigenvalue weighted by Gasteiger charge is 2.10. The summed E-state index contributed by atoms with van der Waals surface area (Å²) >= 11 is 6.07. The van der Waals surface area contributed by atoms with Crippen LogP contribution in [0.5, 0.6) is 11.6 Å². The maximum atomic E-state index is 13.0. The standard InChI is InChI=1S/C14H13ClFNO2/c1-8-3-12(4-9(2)13(8)15)19-14-10(7-18)5-11(16)6-17-14/h3-6,18H,7H2,1-2H3. The lowest BCUT2D eigenvalue weighted by Gasteiger charge is -2.11. The zero-order valence-electron chi connectivity index (χ0n) is 10.6. The van der Waals surface area contributed by atoms with Crippen LogP contribution in [-0.4, -0.2) is 10.1 Å². The Bertz CT molecular complexity index is 593. The van der Waals surface area contributed by atoms with E-state index in [-0.39, 0.29) is 12.5 Å². The minimum atomic E-state index is -0.514. The highest BCUT2D eigenvalue weighted by molar-refractivity contribution is 6.32. The molecule has 19 heavy (non-hydrogen) atoms. The third kappa shape index (κ3) is 3.03. The SMILES string of the molecule is Cc1cc(Oc2ncc(F)cc2CO)cc(C)c1Cl. The Morgan fingerprint density at radius 3 is 2.47 bits per heavy atom. The van der Waals surface area contributed by atoms with Crippen LogP contribution in [0.25, 0.3) is 0 Å². The minimum Gasteiger partial charge on any atom is -0.439 e. The van der Waals surface area contributed by atoms with Crippen molar-refractivity contribution in [2.45, 2.75) is 20.5 Å². The summed E-state index contributed by atoms with van der Waals surface area (Å²) in [7, 11) is 0. The molecule has 5 heteroatoms. The van der Waals surface area contributed by atoms with Crippen LogP contribution < -0.4 is 4.74 Å². The number of aryl methyl sites for hydroxylation is 2. The Kier molecular flexibility index (Phi) is 4.02. The molecule has 1 heterocycles. The molecule has 1 N–H and O–H groups in total. The fraction of sp³-hybridized carbons (Fsp3) is 0.214. The summed E-state index contributed by atoms with van der Waals surface area (Å²) in [5.74, 6) is 0.220. The van der Waals surface area contributed by atoms with E-state index in [1.807, 2.05) is 13.8 Å². The topological polar surface area (TPSA) is 42.4 Å². The van der Waals surface area contributed by atoms with Crippen LogP contribution >= 0.6 is 11.6 Å². The Balaban J connectivity index is 2.36. The highest BCUT2D eigenvalue weighted by atomic mass is 35.5. The molecule has 0 fully saturated rings. The summed E-state index contributed by atoms with van der Waals surface area (Å²) in [5, 5.41) is 9.85. The first-order valence-corrected chi connectivity index (χ1v) is 6.09. The van der Waals surface area contributed by atoms with Crippen molar-refractivity contribution in [1.29, 1.82) is 0 Å². The van der Waals surface area contributed by atoms with Gasteiger partial charge >= 0.3 is 0 Å². The molecule has 2 rings (SSSR count). The van der Waals surface area contributed by atoms with Gasteiger partial charge < -0.3 is 9.84 Å². The van der Waals surface area contributed by atoms with Crippen molar-refractivity contribution >= 4 is 11.6 Å². The highest BCUT2D eigenvalue weighted by Crippen LogP contribution is 2.29. The van der Waals surface area contributed by atoms with E-state index in [2.05, 4.69) is 4.98 Å². The van der Waals surface area contributed by atoms with E-state index in [1.54, 1.807) is 12.1 Å². The molecule has 100 valence electrons. The zero-order valence-corrected chi connectivity index (χ0v) is 11.3. The molecule has 0 saturated carbocycles. The first kappa shape index (κ1) is 13.8.